The van der Waals surface area contributed by atoms with Gasteiger partial charge in [-0.25, -0.2) is 0 Å². The van der Waals surface area contributed by atoms with E-state index in [2.05, 4.69) is 0 Å². The lowest BCUT2D eigenvalue weighted by Gasteiger charge is -2.21. The molecule has 0 saturated carbocycles. The van der Waals surface area contributed by atoms with E-state index < -0.39 is 0 Å². The first-order valence-corrected chi connectivity index (χ1v) is 10.3. The van der Waals surface area contributed by atoms with Gasteiger partial charge in [0.25, 0.3) is 17.7 Å². The van der Waals surface area contributed by atoms with E-state index in [9.17, 15) is 14.4 Å². The summed E-state index contributed by atoms with van der Waals surface area (Å²) in [5.41, 5.74) is 1.91. The Balaban J connectivity index is 1.65. The van der Waals surface area contributed by atoms with Crippen molar-refractivity contribution in [1.82, 2.24) is 9.80 Å². The highest BCUT2D eigenvalue weighted by Gasteiger charge is 2.33. The number of hydrogen-bond acceptors (Lipinski definition) is 4. The maximum Gasteiger partial charge on any atom is 0.261 e. The fourth-order valence-corrected chi connectivity index (χ4v) is 3.85. The fourth-order valence-electron chi connectivity index (χ4n) is 3.85. The zero-order valence-electron chi connectivity index (χ0n) is 17.8. The number of carbonyl (C=O) groups is 3. The van der Waals surface area contributed by atoms with Crippen molar-refractivity contribution in [3.05, 3.63) is 76.9 Å². The molecule has 3 amide bonds. The van der Waals surface area contributed by atoms with Crippen LogP contribution in [0, 0.1) is 0 Å². The Labute approximate surface area is 181 Å². The minimum absolute atomic E-state index is 0.230. The van der Waals surface area contributed by atoms with Gasteiger partial charge in [-0.1, -0.05) is 37.3 Å². The van der Waals surface area contributed by atoms with Crippen molar-refractivity contribution in [2.45, 2.75) is 19.9 Å². The van der Waals surface area contributed by atoms with Gasteiger partial charge < -0.3 is 9.64 Å². The molecular weight excluding hydrogens is 392 g/mol. The zero-order chi connectivity index (χ0) is 22.1. The highest BCUT2D eigenvalue weighted by molar-refractivity contribution is 6.21. The quantitative estimate of drug-likeness (QED) is 0.567. The van der Waals surface area contributed by atoms with E-state index in [1.165, 1.54) is 13.1 Å². The number of amides is 3. The van der Waals surface area contributed by atoms with Gasteiger partial charge in [-0.15, -0.1) is 0 Å². The van der Waals surface area contributed by atoms with Crippen molar-refractivity contribution in [3.63, 3.8) is 0 Å². The highest BCUT2D eigenvalue weighted by atomic mass is 16.5. The fraction of sp³-hybridized carbons (Fsp3) is 0.240. The molecule has 158 valence electrons. The summed E-state index contributed by atoms with van der Waals surface area (Å²) in [6.07, 6.45) is 0.886. The van der Waals surface area contributed by atoms with Crippen LogP contribution < -0.4 is 4.74 Å². The summed E-state index contributed by atoms with van der Waals surface area (Å²) in [4.78, 5) is 40.2. The number of rotatable bonds is 6. The van der Waals surface area contributed by atoms with Crippen LogP contribution in [0.25, 0.3) is 10.8 Å². The molecule has 3 aromatic rings. The summed E-state index contributed by atoms with van der Waals surface area (Å²) in [5, 5.41) is 2.11. The Hall–Kier alpha value is -3.67. The van der Waals surface area contributed by atoms with Gasteiger partial charge in [-0.05, 0) is 41.5 Å². The van der Waals surface area contributed by atoms with Crippen LogP contribution in [0.5, 0.6) is 5.75 Å². The van der Waals surface area contributed by atoms with Crippen molar-refractivity contribution < 1.29 is 19.1 Å². The van der Waals surface area contributed by atoms with Gasteiger partial charge in [-0.3, -0.25) is 19.3 Å². The molecule has 0 aliphatic carbocycles. The predicted molar refractivity (Wildman–Crippen MR) is 118 cm³/mol. The molecule has 0 bridgehead atoms. The van der Waals surface area contributed by atoms with Crippen LogP contribution in [0.4, 0.5) is 0 Å². The van der Waals surface area contributed by atoms with Gasteiger partial charge in [-0.2, -0.15) is 0 Å². The molecule has 1 heterocycles. The molecule has 0 saturated heterocycles. The van der Waals surface area contributed by atoms with Gasteiger partial charge in [0.05, 0.1) is 17.7 Å². The van der Waals surface area contributed by atoms with Crippen LogP contribution in [0.15, 0.2) is 54.6 Å². The van der Waals surface area contributed by atoms with Gasteiger partial charge in [0.15, 0.2) is 0 Å². The third kappa shape index (κ3) is 3.65. The van der Waals surface area contributed by atoms with Crippen molar-refractivity contribution in [1.29, 1.82) is 0 Å². The summed E-state index contributed by atoms with van der Waals surface area (Å²) in [7, 11) is 3.16. The SMILES string of the molecule is CCCOc1ccc2ccccc2c1CN(C)C(=O)c1ccc2c(c1)C(=O)N(C)C2=O. The second-order valence-electron chi connectivity index (χ2n) is 7.70. The van der Waals surface area contributed by atoms with E-state index in [0.29, 0.717) is 24.3 Å². The van der Waals surface area contributed by atoms with Gasteiger partial charge in [0, 0.05) is 31.8 Å². The largest absolute Gasteiger partial charge is 0.493 e. The van der Waals surface area contributed by atoms with Crippen LogP contribution in [-0.2, 0) is 6.54 Å². The second kappa shape index (κ2) is 8.22. The molecule has 1 aliphatic rings. The van der Waals surface area contributed by atoms with Crippen molar-refractivity contribution in [2.24, 2.45) is 0 Å². The molecule has 0 atom stereocenters. The van der Waals surface area contributed by atoms with Crippen molar-refractivity contribution >= 4 is 28.5 Å². The molecule has 0 unspecified atom stereocenters. The molecule has 0 spiro atoms. The monoisotopic (exact) mass is 416 g/mol. The number of nitrogens with zero attached hydrogens (tertiary/aromatic N) is 2. The first-order valence-electron chi connectivity index (χ1n) is 10.3. The molecular formula is C25H24N2O4. The van der Waals surface area contributed by atoms with E-state index in [0.717, 1.165) is 33.4 Å². The molecule has 1 aliphatic heterocycles. The number of hydrogen-bond donors (Lipinski definition) is 0. The lowest BCUT2D eigenvalue weighted by molar-refractivity contribution is 0.0692. The standard InChI is InChI=1S/C25H24N2O4/c1-4-13-31-22-12-10-16-7-5-6-8-18(16)21(22)15-26(2)23(28)17-9-11-19-20(14-17)25(30)27(3)24(19)29/h5-12,14H,4,13,15H2,1-3H3. The number of carbonyl (C=O) groups excluding carboxylic acids is 3. The summed E-state index contributed by atoms with van der Waals surface area (Å²) < 4.78 is 5.95. The Bertz CT molecular complexity index is 1200. The van der Waals surface area contributed by atoms with Crippen molar-refractivity contribution in [3.8, 4) is 5.75 Å². The number of imide groups is 1. The minimum Gasteiger partial charge on any atom is -0.493 e. The van der Waals surface area contributed by atoms with E-state index in [-0.39, 0.29) is 23.3 Å². The van der Waals surface area contributed by atoms with Gasteiger partial charge >= 0.3 is 0 Å². The average molecular weight is 416 g/mol. The average Bonchev–Trinajstić information content (AvgIpc) is 3.01. The van der Waals surface area contributed by atoms with E-state index >= 15 is 0 Å². The molecule has 4 rings (SSSR count). The van der Waals surface area contributed by atoms with Gasteiger partial charge in [0.2, 0.25) is 0 Å². The number of benzene rings is 3. The summed E-state index contributed by atoms with van der Waals surface area (Å²) >= 11 is 0. The highest BCUT2D eigenvalue weighted by Crippen LogP contribution is 2.30. The zero-order valence-corrected chi connectivity index (χ0v) is 17.8. The summed E-state index contributed by atoms with van der Waals surface area (Å²) in [6, 6.07) is 16.6. The summed E-state index contributed by atoms with van der Waals surface area (Å²) in [5.74, 6) is -0.203. The topological polar surface area (TPSA) is 66.9 Å². The van der Waals surface area contributed by atoms with Crippen LogP contribution in [0.2, 0.25) is 0 Å². The van der Waals surface area contributed by atoms with Crippen molar-refractivity contribution in [2.75, 3.05) is 20.7 Å². The molecule has 0 radical (unpaired) electrons. The Kier molecular flexibility index (Phi) is 5.46. The third-order valence-electron chi connectivity index (χ3n) is 5.54. The Morgan fingerprint density at radius 2 is 1.74 bits per heavy atom. The van der Waals surface area contributed by atoms with E-state index in [1.54, 1.807) is 24.1 Å². The molecule has 6 nitrogen and oxygen atoms in total. The molecule has 31 heavy (non-hydrogen) atoms. The minimum atomic E-state index is -0.387. The maximum absolute atomic E-state index is 13.2. The van der Waals surface area contributed by atoms with E-state index in [1.807, 2.05) is 43.3 Å². The summed E-state index contributed by atoms with van der Waals surface area (Å²) in [6.45, 7) is 2.99. The Morgan fingerprint density at radius 3 is 2.52 bits per heavy atom. The number of fused-ring (bicyclic) bond motifs is 2. The number of ether oxygens (including phenoxy) is 1. The molecule has 6 heteroatoms. The lowest BCUT2D eigenvalue weighted by Crippen LogP contribution is -2.27. The van der Waals surface area contributed by atoms with Crippen LogP contribution in [0.3, 0.4) is 0 Å². The van der Waals surface area contributed by atoms with Gasteiger partial charge in [0.1, 0.15) is 5.75 Å². The molecule has 0 N–H and O–H groups in total. The van der Waals surface area contributed by atoms with E-state index in [4.69, 9.17) is 4.74 Å². The Morgan fingerprint density at radius 1 is 1.00 bits per heavy atom. The predicted octanol–water partition coefficient (Wildman–Crippen LogP) is 4.13. The third-order valence-corrected chi connectivity index (χ3v) is 5.54. The molecule has 0 aromatic heterocycles. The van der Waals surface area contributed by atoms with Crippen LogP contribution in [0.1, 0.15) is 50.0 Å². The smallest absolute Gasteiger partial charge is 0.261 e. The normalized spacial score (nSPS) is 12.9. The first-order chi connectivity index (χ1) is 14.9. The second-order valence-corrected chi connectivity index (χ2v) is 7.70. The lowest BCUT2D eigenvalue weighted by atomic mass is 10.0. The molecule has 3 aromatic carbocycles. The maximum atomic E-state index is 13.2. The first kappa shape index (κ1) is 20.6. The van der Waals surface area contributed by atoms with Crippen LogP contribution in [-0.4, -0.2) is 48.2 Å². The van der Waals surface area contributed by atoms with Crippen LogP contribution >= 0.6 is 0 Å². The molecule has 0 fully saturated rings.